The smallest absolute Gasteiger partial charge is 0.252 e. The molecule has 2 aromatic heterocycles. The zero-order valence-corrected chi connectivity index (χ0v) is 20.7. The summed E-state index contributed by atoms with van der Waals surface area (Å²) in [5.41, 5.74) is 0.903. The Bertz CT molecular complexity index is 1180. The topological polar surface area (TPSA) is 81.3 Å². The van der Waals surface area contributed by atoms with E-state index in [9.17, 15) is 9.59 Å². The zero-order valence-electron chi connectivity index (χ0n) is 20.7. The maximum absolute atomic E-state index is 14.0. The van der Waals surface area contributed by atoms with Crippen LogP contribution in [0.15, 0.2) is 55.0 Å². The Morgan fingerprint density at radius 2 is 1.74 bits per heavy atom. The van der Waals surface area contributed by atoms with E-state index in [1.807, 2.05) is 41.4 Å². The standard InChI is InChI=1S/C28H35N5O2/c1-28(24-4-3-12-29-19-24,31-26(34)23-6-5-22-7-13-30-25(22)18-23)27(35)33-16-10-21(11-17-33)20-8-14-32(2)15-9-20/h3-7,12-13,18-21,30H,8-11,14-17H2,1-2H3,(H,31,34)/t28-/m0/s1. The molecule has 4 heterocycles. The van der Waals surface area contributed by atoms with Crippen molar-refractivity contribution in [1.29, 1.82) is 0 Å². The van der Waals surface area contributed by atoms with Gasteiger partial charge in [-0.25, -0.2) is 0 Å². The number of likely N-dealkylation sites (tertiary alicyclic amines) is 2. The van der Waals surface area contributed by atoms with Crippen molar-refractivity contribution in [2.24, 2.45) is 11.8 Å². The molecule has 184 valence electrons. The minimum absolute atomic E-state index is 0.0679. The van der Waals surface area contributed by atoms with Crippen LogP contribution in [0, 0.1) is 11.8 Å². The number of aromatic nitrogens is 2. The second-order valence-electron chi connectivity index (χ2n) is 10.4. The number of amides is 2. The lowest BCUT2D eigenvalue weighted by Gasteiger charge is -2.42. The van der Waals surface area contributed by atoms with E-state index in [1.165, 1.54) is 25.9 Å². The summed E-state index contributed by atoms with van der Waals surface area (Å²) in [5, 5.41) is 4.11. The molecule has 0 radical (unpaired) electrons. The first-order chi connectivity index (χ1) is 16.9. The number of benzene rings is 1. The lowest BCUT2D eigenvalue weighted by Crippen LogP contribution is -2.57. The number of pyridine rings is 1. The van der Waals surface area contributed by atoms with Crippen molar-refractivity contribution in [3.05, 3.63) is 66.1 Å². The van der Waals surface area contributed by atoms with Crippen LogP contribution in [-0.4, -0.2) is 64.8 Å². The van der Waals surface area contributed by atoms with Gasteiger partial charge in [0, 0.05) is 48.3 Å². The van der Waals surface area contributed by atoms with Gasteiger partial charge < -0.3 is 20.1 Å². The second kappa shape index (κ2) is 9.82. The summed E-state index contributed by atoms with van der Waals surface area (Å²) in [4.78, 5) is 39.0. The minimum Gasteiger partial charge on any atom is -0.361 e. The monoisotopic (exact) mass is 473 g/mol. The number of aromatic amines is 1. The third-order valence-corrected chi connectivity index (χ3v) is 8.10. The van der Waals surface area contributed by atoms with Crippen LogP contribution >= 0.6 is 0 Å². The summed E-state index contributed by atoms with van der Waals surface area (Å²) in [7, 11) is 2.20. The van der Waals surface area contributed by atoms with Gasteiger partial charge >= 0.3 is 0 Å². The van der Waals surface area contributed by atoms with Crippen molar-refractivity contribution >= 4 is 22.7 Å². The van der Waals surface area contributed by atoms with Crippen molar-refractivity contribution in [2.75, 3.05) is 33.2 Å². The lowest BCUT2D eigenvalue weighted by atomic mass is 9.78. The van der Waals surface area contributed by atoms with Crippen molar-refractivity contribution in [3.63, 3.8) is 0 Å². The predicted molar refractivity (Wildman–Crippen MR) is 137 cm³/mol. The molecule has 2 saturated heterocycles. The number of carbonyl (C=O) groups is 2. The van der Waals surface area contributed by atoms with Crippen LogP contribution in [0.5, 0.6) is 0 Å². The average molecular weight is 474 g/mol. The maximum atomic E-state index is 14.0. The maximum Gasteiger partial charge on any atom is 0.252 e. The molecule has 2 fully saturated rings. The van der Waals surface area contributed by atoms with Gasteiger partial charge in [-0.3, -0.25) is 14.6 Å². The molecule has 35 heavy (non-hydrogen) atoms. The summed E-state index contributed by atoms with van der Waals surface area (Å²) in [6.07, 6.45) is 9.78. The van der Waals surface area contributed by atoms with Crippen molar-refractivity contribution in [3.8, 4) is 0 Å². The van der Waals surface area contributed by atoms with Crippen LogP contribution in [0.25, 0.3) is 10.9 Å². The number of nitrogens with one attached hydrogen (secondary N) is 2. The van der Waals surface area contributed by atoms with E-state index in [-0.39, 0.29) is 11.8 Å². The normalized spacial score (nSPS) is 20.0. The molecule has 7 nitrogen and oxygen atoms in total. The molecule has 0 saturated carbocycles. The van der Waals surface area contributed by atoms with Gasteiger partial charge in [0.05, 0.1) is 0 Å². The Morgan fingerprint density at radius 3 is 2.43 bits per heavy atom. The van der Waals surface area contributed by atoms with Crippen LogP contribution in [0.4, 0.5) is 0 Å². The first-order valence-corrected chi connectivity index (χ1v) is 12.7. The van der Waals surface area contributed by atoms with E-state index in [1.54, 1.807) is 25.4 Å². The van der Waals surface area contributed by atoms with Crippen LogP contribution in [0.1, 0.15) is 48.5 Å². The zero-order chi connectivity index (χ0) is 24.4. The molecule has 2 aliphatic rings. The van der Waals surface area contributed by atoms with Gasteiger partial charge in [-0.2, -0.15) is 0 Å². The Kier molecular flexibility index (Phi) is 6.60. The Labute approximate surface area is 206 Å². The van der Waals surface area contributed by atoms with Gasteiger partial charge in [-0.1, -0.05) is 12.1 Å². The fourth-order valence-electron chi connectivity index (χ4n) is 5.79. The molecule has 1 atom stereocenters. The van der Waals surface area contributed by atoms with E-state index >= 15 is 0 Å². The van der Waals surface area contributed by atoms with Crippen LogP contribution in [0.3, 0.4) is 0 Å². The summed E-state index contributed by atoms with van der Waals surface area (Å²) in [6.45, 7) is 5.61. The van der Waals surface area contributed by atoms with Crippen molar-refractivity contribution < 1.29 is 9.59 Å². The number of H-pyrrole nitrogens is 1. The Morgan fingerprint density at radius 1 is 1.03 bits per heavy atom. The Balaban J connectivity index is 1.33. The largest absolute Gasteiger partial charge is 0.361 e. The minimum atomic E-state index is -1.20. The van der Waals surface area contributed by atoms with E-state index in [0.717, 1.165) is 42.8 Å². The molecule has 7 heteroatoms. The molecule has 0 bridgehead atoms. The molecule has 0 spiro atoms. The second-order valence-corrected chi connectivity index (χ2v) is 10.4. The lowest BCUT2D eigenvalue weighted by molar-refractivity contribution is -0.139. The molecule has 0 aliphatic carbocycles. The molecule has 3 aromatic rings. The molecular weight excluding hydrogens is 438 g/mol. The number of nitrogens with zero attached hydrogens (tertiary/aromatic N) is 3. The van der Waals surface area contributed by atoms with Gasteiger partial charge in [0.25, 0.3) is 11.8 Å². The molecule has 1 aromatic carbocycles. The highest BCUT2D eigenvalue weighted by Gasteiger charge is 2.42. The van der Waals surface area contributed by atoms with E-state index in [4.69, 9.17) is 0 Å². The van der Waals surface area contributed by atoms with Crippen LogP contribution < -0.4 is 5.32 Å². The highest BCUT2D eigenvalue weighted by molar-refractivity contribution is 6.01. The molecule has 5 rings (SSSR count). The summed E-state index contributed by atoms with van der Waals surface area (Å²) in [6, 6.07) is 11.2. The fraction of sp³-hybridized carbons (Fsp3) is 0.464. The van der Waals surface area contributed by atoms with Crippen molar-refractivity contribution in [2.45, 2.75) is 38.1 Å². The van der Waals surface area contributed by atoms with Gasteiger partial charge in [0.15, 0.2) is 0 Å². The van der Waals surface area contributed by atoms with Gasteiger partial charge in [0.1, 0.15) is 5.54 Å². The van der Waals surface area contributed by atoms with E-state index < -0.39 is 5.54 Å². The SMILES string of the molecule is CN1CCC(C2CCN(C(=O)[C@@](C)(NC(=O)c3ccc4cc[nH]c4c3)c3cccnc3)CC2)CC1. The molecular formula is C28H35N5O2. The van der Waals surface area contributed by atoms with Crippen LogP contribution in [0.2, 0.25) is 0 Å². The van der Waals surface area contributed by atoms with Crippen LogP contribution in [-0.2, 0) is 10.3 Å². The summed E-state index contributed by atoms with van der Waals surface area (Å²) >= 11 is 0. The number of carbonyl (C=O) groups excluding carboxylic acids is 2. The molecule has 2 amide bonds. The van der Waals surface area contributed by atoms with Gasteiger partial charge in [-0.15, -0.1) is 0 Å². The fourth-order valence-corrected chi connectivity index (χ4v) is 5.79. The van der Waals surface area contributed by atoms with Gasteiger partial charge in [-0.05, 0) is 94.2 Å². The van der Waals surface area contributed by atoms with Crippen molar-refractivity contribution in [1.82, 2.24) is 25.1 Å². The third kappa shape index (κ3) is 4.82. The van der Waals surface area contributed by atoms with E-state index in [0.29, 0.717) is 17.0 Å². The Hall–Kier alpha value is -3.19. The number of hydrogen-bond acceptors (Lipinski definition) is 4. The first-order valence-electron chi connectivity index (χ1n) is 12.7. The molecule has 0 unspecified atom stereocenters. The number of piperidine rings is 2. The summed E-state index contributed by atoms with van der Waals surface area (Å²) in [5.74, 6) is 1.10. The highest BCUT2D eigenvalue weighted by Crippen LogP contribution is 2.34. The van der Waals surface area contributed by atoms with E-state index in [2.05, 4.69) is 27.2 Å². The number of hydrogen-bond donors (Lipinski definition) is 2. The van der Waals surface area contributed by atoms with Gasteiger partial charge in [0.2, 0.25) is 0 Å². The third-order valence-electron chi connectivity index (χ3n) is 8.10. The average Bonchev–Trinajstić information content (AvgIpc) is 3.37. The first kappa shape index (κ1) is 23.5. The predicted octanol–water partition coefficient (Wildman–Crippen LogP) is 3.79. The summed E-state index contributed by atoms with van der Waals surface area (Å²) < 4.78 is 0. The number of rotatable bonds is 5. The number of fused-ring (bicyclic) bond motifs is 1. The highest BCUT2D eigenvalue weighted by atomic mass is 16.2. The molecule has 2 N–H and O–H groups in total. The molecule has 2 aliphatic heterocycles. The quantitative estimate of drug-likeness (QED) is 0.591.